The first-order valence-corrected chi connectivity index (χ1v) is 9.13. The molecule has 0 spiro atoms. The fourth-order valence-corrected chi connectivity index (χ4v) is 4.01. The third kappa shape index (κ3) is 3.68. The summed E-state index contributed by atoms with van der Waals surface area (Å²) in [6.45, 7) is 3.74. The number of rotatable bonds is 4. The zero-order valence-corrected chi connectivity index (χ0v) is 16.7. The maximum Gasteiger partial charge on any atom is 0.123 e. The molecule has 0 aliphatic heterocycles. The normalized spacial score (nSPS) is 12.5. The van der Waals surface area contributed by atoms with E-state index in [9.17, 15) is 10.2 Å². The van der Waals surface area contributed by atoms with E-state index in [1.54, 1.807) is 6.07 Å². The minimum atomic E-state index is -0.236. The predicted molar refractivity (Wildman–Crippen MR) is 103 cm³/mol. The Morgan fingerprint density at radius 3 is 2.08 bits per heavy atom. The second kappa shape index (κ2) is 7.80. The van der Waals surface area contributed by atoms with E-state index in [0.717, 1.165) is 0 Å². The topological polar surface area (TPSA) is 40.5 Å². The molecule has 0 fully saturated rings. The van der Waals surface area contributed by atoms with Gasteiger partial charge in [0.25, 0.3) is 0 Å². The lowest BCUT2D eigenvalue weighted by atomic mass is 9.91. The fraction of sp³-hybridized carbons (Fsp3) is 0.294. The van der Waals surface area contributed by atoms with Crippen LogP contribution in [0, 0.1) is 0 Å². The molecule has 0 heterocycles. The zero-order valence-electron chi connectivity index (χ0n) is 12.9. The highest BCUT2D eigenvalue weighted by Gasteiger charge is 2.22. The molecular formula is C17H15Cl5O2. The lowest BCUT2D eigenvalue weighted by molar-refractivity contribution is 0.452. The lowest BCUT2D eigenvalue weighted by Crippen LogP contribution is -2.02. The molecule has 0 aliphatic rings. The molecule has 2 aromatic rings. The molecule has 2 nitrogen and oxygen atoms in total. The van der Waals surface area contributed by atoms with Crippen molar-refractivity contribution in [2.75, 3.05) is 0 Å². The lowest BCUT2D eigenvalue weighted by Gasteiger charge is -2.19. The molecule has 130 valence electrons. The van der Waals surface area contributed by atoms with Crippen molar-refractivity contribution in [2.45, 2.75) is 32.6 Å². The van der Waals surface area contributed by atoms with Crippen molar-refractivity contribution in [3.05, 3.63) is 53.9 Å². The molecule has 24 heavy (non-hydrogen) atoms. The summed E-state index contributed by atoms with van der Waals surface area (Å²) < 4.78 is 0. The number of phenols is 2. The van der Waals surface area contributed by atoms with Crippen LogP contribution in [0.15, 0.2) is 12.1 Å². The average Bonchev–Trinajstić information content (AvgIpc) is 2.51. The first-order chi connectivity index (χ1) is 11.2. The van der Waals surface area contributed by atoms with Gasteiger partial charge in [0.15, 0.2) is 0 Å². The molecule has 2 N–H and O–H groups in total. The Morgan fingerprint density at radius 2 is 1.50 bits per heavy atom. The second-order valence-electron chi connectivity index (χ2n) is 5.54. The van der Waals surface area contributed by atoms with Crippen LogP contribution in [0.5, 0.6) is 11.5 Å². The molecule has 0 saturated carbocycles. The molecule has 0 saturated heterocycles. The smallest absolute Gasteiger partial charge is 0.123 e. The Kier molecular flexibility index (Phi) is 6.44. The van der Waals surface area contributed by atoms with E-state index >= 15 is 0 Å². The van der Waals surface area contributed by atoms with Gasteiger partial charge in [-0.3, -0.25) is 0 Å². The first-order valence-electron chi connectivity index (χ1n) is 7.24. The zero-order chi connectivity index (χ0) is 18.2. The molecule has 1 atom stereocenters. The van der Waals surface area contributed by atoms with Gasteiger partial charge in [0.05, 0.1) is 25.1 Å². The van der Waals surface area contributed by atoms with E-state index in [-0.39, 0.29) is 32.5 Å². The van der Waals surface area contributed by atoms with E-state index in [1.165, 1.54) is 6.07 Å². The van der Waals surface area contributed by atoms with Crippen LogP contribution in [0.3, 0.4) is 0 Å². The van der Waals surface area contributed by atoms with Crippen molar-refractivity contribution in [2.24, 2.45) is 0 Å². The van der Waals surface area contributed by atoms with Crippen molar-refractivity contribution in [1.29, 1.82) is 0 Å². The Bertz CT molecular complexity index is 790. The fourth-order valence-electron chi connectivity index (χ4n) is 2.70. The third-order valence-corrected chi connectivity index (χ3v) is 6.02. The van der Waals surface area contributed by atoms with Crippen LogP contribution in [0.4, 0.5) is 0 Å². The van der Waals surface area contributed by atoms with Gasteiger partial charge in [-0.1, -0.05) is 71.9 Å². The van der Waals surface area contributed by atoms with Crippen LogP contribution < -0.4 is 0 Å². The molecule has 0 aromatic heterocycles. The number of hydrogen-bond acceptors (Lipinski definition) is 2. The van der Waals surface area contributed by atoms with Crippen molar-refractivity contribution in [3.8, 4) is 11.5 Å². The van der Waals surface area contributed by atoms with Gasteiger partial charge in [0.1, 0.15) is 11.5 Å². The third-order valence-electron chi connectivity index (χ3n) is 3.92. The Balaban J connectivity index is 2.47. The van der Waals surface area contributed by atoms with Crippen molar-refractivity contribution in [3.63, 3.8) is 0 Å². The Morgan fingerprint density at radius 1 is 0.917 bits per heavy atom. The number of benzene rings is 2. The molecule has 0 radical (unpaired) electrons. The van der Waals surface area contributed by atoms with Gasteiger partial charge >= 0.3 is 0 Å². The van der Waals surface area contributed by atoms with Gasteiger partial charge in [-0.2, -0.15) is 0 Å². The summed E-state index contributed by atoms with van der Waals surface area (Å²) in [6, 6.07) is 2.98. The van der Waals surface area contributed by atoms with Crippen molar-refractivity contribution >= 4 is 58.0 Å². The number of halogens is 5. The summed E-state index contributed by atoms with van der Waals surface area (Å²) >= 11 is 30.5. The number of hydrogen-bond donors (Lipinski definition) is 2. The maximum atomic E-state index is 10.4. The molecule has 0 aliphatic carbocycles. The Labute approximate surface area is 165 Å². The van der Waals surface area contributed by atoms with Gasteiger partial charge in [-0.15, -0.1) is 0 Å². The van der Waals surface area contributed by atoms with Gasteiger partial charge in [0.2, 0.25) is 0 Å². The van der Waals surface area contributed by atoms with Gasteiger partial charge in [-0.05, 0) is 30.4 Å². The van der Waals surface area contributed by atoms with E-state index in [0.29, 0.717) is 39.6 Å². The quantitative estimate of drug-likeness (QED) is 0.503. The van der Waals surface area contributed by atoms with Crippen LogP contribution in [0.1, 0.15) is 36.5 Å². The first kappa shape index (κ1) is 19.8. The summed E-state index contributed by atoms with van der Waals surface area (Å²) in [5.41, 5.74) is 1.68. The SMILES string of the molecule is CCc1c(O)c(CC(C)c2c(O)cc(Cl)c(Cl)c2Cl)cc(Cl)c1Cl. The highest BCUT2D eigenvalue weighted by molar-refractivity contribution is 6.48. The van der Waals surface area contributed by atoms with E-state index in [1.807, 2.05) is 13.8 Å². The predicted octanol–water partition coefficient (Wildman–Crippen LogP) is 7.27. The highest BCUT2D eigenvalue weighted by atomic mass is 35.5. The standard InChI is InChI=1S/C17H15Cl5O2/c1-3-9-14(20)10(18)5-8(17(9)24)4-7(2)13-12(23)6-11(19)15(21)16(13)22/h5-7,23-24H,3-4H2,1-2H3. The highest BCUT2D eigenvalue weighted by Crippen LogP contribution is 2.44. The largest absolute Gasteiger partial charge is 0.508 e. The average molecular weight is 429 g/mol. The van der Waals surface area contributed by atoms with E-state index < -0.39 is 0 Å². The summed E-state index contributed by atoms with van der Waals surface area (Å²) in [4.78, 5) is 0. The number of phenolic OH excluding ortho intramolecular Hbond substituents is 2. The molecule has 7 heteroatoms. The van der Waals surface area contributed by atoms with Crippen LogP contribution in [0.2, 0.25) is 25.1 Å². The second-order valence-corrected chi connectivity index (χ2v) is 7.48. The monoisotopic (exact) mass is 426 g/mol. The van der Waals surface area contributed by atoms with Crippen LogP contribution >= 0.6 is 58.0 Å². The minimum absolute atomic E-state index is 0.0443. The van der Waals surface area contributed by atoms with Gasteiger partial charge in [-0.25, -0.2) is 0 Å². The number of aromatic hydroxyl groups is 2. The van der Waals surface area contributed by atoms with Gasteiger partial charge in [0, 0.05) is 17.2 Å². The molecular weight excluding hydrogens is 413 g/mol. The van der Waals surface area contributed by atoms with E-state index in [4.69, 9.17) is 58.0 Å². The summed E-state index contributed by atoms with van der Waals surface area (Å²) in [5.74, 6) is -0.174. The summed E-state index contributed by atoms with van der Waals surface area (Å²) in [5, 5.41) is 21.9. The van der Waals surface area contributed by atoms with Crippen molar-refractivity contribution < 1.29 is 10.2 Å². The maximum absolute atomic E-state index is 10.4. The van der Waals surface area contributed by atoms with Crippen LogP contribution in [-0.4, -0.2) is 10.2 Å². The summed E-state index contributed by atoms with van der Waals surface area (Å²) in [7, 11) is 0. The molecule has 0 bridgehead atoms. The molecule has 0 amide bonds. The summed E-state index contributed by atoms with van der Waals surface area (Å²) in [6.07, 6.45) is 0.937. The molecule has 2 rings (SSSR count). The van der Waals surface area contributed by atoms with Crippen LogP contribution in [0.25, 0.3) is 0 Å². The Hall–Kier alpha value is -0.510. The minimum Gasteiger partial charge on any atom is -0.508 e. The van der Waals surface area contributed by atoms with Crippen molar-refractivity contribution in [1.82, 2.24) is 0 Å². The van der Waals surface area contributed by atoms with Gasteiger partial charge < -0.3 is 10.2 Å². The molecule has 2 aromatic carbocycles. The van der Waals surface area contributed by atoms with E-state index in [2.05, 4.69) is 0 Å². The molecule has 1 unspecified atom stereocenters. The van der Waals surface area contributed by atoms with Crippen LogP contribution in [-0.2, 0) is 12.8 Å².